The minimum Gasteiger partial charge on any atom is -0.394 e. The highest BCUT2D eigenvalue weighted by atomic mass is 35.5. The van der Waals surface area contributed by atoms with Crippen LogP contribution in [0.1, 0.15) is 5.56 Å². The van der Waals surface area contributed by atoms with Gasteiger partial charge >= 0.3 is 0 Å². The van der Waals surface area contributed by atoms with Gasteiger partial charge < -0.3 is 30.8 Å². The van der Waals surface area contributed by atoms with Crippen LogP contribution in [-0.2, 0) is 4.74 Å². The van der Waals surface area contributed by atoms with Gasteiger partial charge in [0.15, 0.2) is 17.5 Å². The molecule has 1 aliphatic heterocycles. The average Bonchev–Trinajstić information content (AvgIpc) is 2.78. The standard InChI is InChI=1S/C20H20Cl2F3N3O4S/c21-9-1-2-10(22)15(5-9)33-20-19(31)17(18(30)14(7-29)32-20)27-6-13(28-26)8-3-11(23)16(25)12(24)4-8/h1-6,14,17-20,27-31H,7,26H2/b13-6-/t14?,17?,18-,19+,20+/m0/s1. The van der Waals surface area contributed by atoms with Gasteiger partial charge in [0, 0.05) is 21.7 Å². The molecule has 5 atom stereocenters. The van der Waals surface area contributed by atoms with E-state index in [4.69, 9.17) is 33.8 Å². The number of hydrazine groups is 1. The smallest absolute Gasteiger partial charge is 0.194 e. The van der Waals surface area contributed by atoms with E-state index in [0.29, 0.717) is 14.9 Å². The summed E-state index contributed by atoms with van der Waals surface area (Å²) in [6.07, 6.45) is -2.66. The molecule has 1 aliphatic rings. The maximum Gasteiger partial charge on any atom is 0.194 e. The van der Waals surface area contributed by atoms with Gasteiger partial charge in [-0.05, 0) is 30.3 Å². The Hall–Kier alpha value is -1.70. The number of rotatable bonds is 7. The predicted molar refractivity (Wildman–Crippen MR) is 119 cm³/mol. The quantitative estimate of drug-likeness (QED) is 0.185. The van der Waals surface area contributed by atoms with Crippen molar-refractivity contribution in [1.82, 2.24) is 10.7 Å². The van der Waals surface area contributed by atoms with E-state index in [-0.39, 0.29) is 11.3 Å². The van der Waals surface area contributed by atoms with Crippen LogP contribution >= 0.6 is 35.0 Å². The van der Waals surface area contributed by atoms with Crippen molar-refractivity contribution >= 4 is 40.7 Å². The van der Waals surface area contributed by atoms with E-state index in [1.807, 2.05) is 0 Å². The number of nitrogens with one attached hydrogen (secondary N) is 2. The van der Waals surface area contributed by atoms with Crippen LogP contribution in [0.5, 0.6) is 0 Å². The molecule has 0 bridgehead atoms. The maximum absolute atomic E-state index is 13.6. The average molecular weight is 526 g/mol. The molecule has 7 N–H and O–H groups in total. The molecule has 3 rings (SSSR count). The molecule has 13 heteroatoms. The molecule has 2 unspecified atom stereocenters. The molecule has 0 amide bonds. The van der Waals surface area contributed by atoms with Crippen molar-refractivity contribution < 1.29 is 33.2 Å². The molecular formula is C20H20Cl2F3N3O4S. The fourth-order valence-corrected chi connectivity index (χ4v) is 4.79. The Morgan fingerprint density at radius 2 is 1.79 bits per heavy atom. The zero-order valence-electron chi connectivity index (χ0n) is 16.7. The van der Waals surface area contributed by atoms with Crippen LogP contribution in [0.2, 0.25) is 10.0 Å². The van der Waals surface area contributed by atoms with E-state index in [1.54, 1.807) is 18.2 Å². The van der Waals surface area contributed by atoms with Gasteiger partial charge in [-0.2, -0.15) is 0 Å². The fraction of sp³-hybridized carbons (Fsp3) is 0.300. The lowest BCUT2D eigenvalue weighted by Gasteiger charge is -2.42. The lowest BCUT2D eigenvalue weighted by molar-refractivity contribution is -0.164. The second-order valence-corrected chi connectivity index (χ2v) is 9.03. The molecule has 180 valence electrons. The van der Waals surface area contributed by atoms with Crippen LogP contribution in [0, 0.1) is 17.5 Å². The third kappa shape index (κ3) is 5.87. The van der Waals surface area contributed by atoms with Crippen molar-refractivity contribution in [3.8, 4) is 0 Å². The zero-order chi connectivity index (χ0) is 24.3. The molecule has 7 nitrogen and oxygen atoms in total. The molecule has 1 fully saturated rings. The van der Waals surface area contributed by atoms with Crippen molar-refractivity contribution in [3.05, 3.63) is 69.6 Å². The van der Waals surface area contributed by atoms with Gasteiger partial charge in [0.25, 0.3) is 0 Å². The van der Waals surface area contributed by atoms with Crippen LogP contribution in [0.3, 0.4) is 0 Å². The first-order valence-corrected chi connectivity index (χ1v) is 11.1. The predicted octanol–water partition coefficient (Wildman–Crippen LogP) is 2.36. The summed E-state index contributed by atoms with van der Waals surface area (Å²) >= 11 is 13.2. The number of nitrogens with two attached hydrogens (primary N) is 1. The number of halogens is 5. The van der Waals surface area contributed by atoms with Crippen molar-refractivity contribution in [2.75, 3.05) is 6.61 Å². The number of aliphatic hydroxyl groups excluding tert-OH is 3. The molecule has 1 heterocycles. The summed E-state index contributed by atoms with van der Waals surface area (Å²) in [6.45, 7) is -0.563. The van der Waals surface area contributed by atoms with Crippen LogP contribution < -0.4 is 16.6 Å². The highest BCUT2D eigenvalue weighted by molar-refractivity contribution is 8.00. The monoisotopic (exact) mass is 525 g/mol. The molecule has 0 radical (unpaired) electrons. The van der Waals surface area contributed by atoms with E-state index in [9.17, 15) is 28.5 Å². The van der Waals surface area contributed by atoms with Gasteiger partial charge in [0.1, 0.15) is 23.7 Å². The summed E-state index contributed by atoms with van der Waals surface area (Å²) in [7, 11) is 0. The minimum atomic E-state index is -1.64. The second-order valence-electron chi connectivity index (χ2n) is 7.05. The highest BCUT2D eigenvalue weighted by Gasteiger charge is 2.44. The summed E-state index contributed by atoms with van der Waals surface area (Å²) in [4.78, 5) is 0.497. The Labute approximate surface area is 201 Å². The Kier molecular flexibility index (Phi) is 8.76. The summed E-state index contributed by atoms with van der Waals surface area (Å²) in [6, 6.07) is 5.06. The Morgan fingerprint density at radius 3 is 2.39 bits per heavy atom. The van der Waals surface area contributed by atoms with Gasteiger partial charge in [0.2, 0.25) is 0 Å². The molecule has 33 heavy (non-hydrogen) atoms. The molecule has 1 saturated heterocycles. The molecule has 0 spiro atoms. The van der Waals surface area contributed by atoms with Crippen molar-refractivity contribution in [1.29, 1.82) is 0 Å². The van der Waals surface area contributed by atoms with Gasteiger partial charge in [0.05, 0.1) is 23.4 Å². The van der Waals surface area contributed by atoms with Crippen LogP contribution in [-0.4, -0.2) is 51.7 Å². The third-order valence-corrected chi connectivity index (χ3v) is 6.78. The van der Waals surface area contributed by atoms with Crippen LogP contribution in [0.4, 0.5) is 13.2 Å². The lowest BCUT2D eigenvalue weighted by Crippen LogP contribution is -2.62. The summed E-state index contributed by atoms with van der Waals surface area (Å²) in [5, 5.41) is 34.5. The van der Waals surface area contributed by atoms with Gasteiger partial charge in [-0.1, -0.05) is 35.0 Å². The van der Waals surface area contributed by atoms with E-state index in [0.717, 1.165) is 30.1 Å². The van der Waals surface area contributed by atoms with E-state index in [2.05, 4.69) is 10.7 Å². The maximum atomic E-state index is 13.6. The molecule has 2 aromatic carbocycles. The number of hydrogen-bond donors (Lipinski definition) is 6. The minimum absolute atomic E-state index is 0.0682. The van der Waals surface area contributed by atoms with Crippen LogP contribution in [0.15, 0.2) is 41.4 Å². The van der Waals surface area contributed by atoms with Crippen LogP contribution in [0.25, 0.3) is 5.70 Å². The number of ether oxygens (including phenoxy) is 1. The normalized spacial score (nSPS) is 25.7. The molecule has 0 aromatic heterocycles. The Bertz CT molecular complexity index is 1010. The first-order valence-electron chi connectivity index (χ1n) is 9.48. The van der Waals surface area contributed by atoms with Crippen molar-refractivity contribution in [2.45, 2.75) is 34.7 Å². The first-order chi connectivity index (χ1) is 15.7. The second kappa shape index (κ2) is 11.2. The number of benzene rings is 2. The number of aliphatic hydroxyl groups is 3. The number of hydrogen-bond acceptors (Lipinski definition) is 8. The SMILES string of the molecule is NN/C(=C\NC1[C@@H](O)C(CO)O[C@H](Sc2cc(Cl)ccc2Cl)[C@@H]1O)c1cc(F)c(F)c(F)c1. The molecule has 2 aromatic rings. The molecule has 0 saturated carbocycles. The summed E-state index contributed by atoms with van der Waals surface area (Å²) in [5.41, 5.74) is 1.03. The third-order valence-electron chi connectivity index (χ3n) is 4.89. The lowest BCUT2D eigenvalue weighted by atomic mass is 9.97. The largest absolute Gasteiger partial charge is 0.394 e. The summed E-state index contributed by atoms with van der Waals surface area (Å²) in [5.74, 6) is 0.941. The Morgan fingerprint density at radius 1 is 1.12 bits per heavy atom. The highest BCUT2D eigenvalue weighted by Crippen LogP contribution is 2.38. The fourth-order valence-electron chi connectivity index (χ4n) is 3.17. The Balaban J connectivity index is 1.85. The van der Waals surface area contributed by atoms with Gasteiger partial charge in [-0.15, -0.1) is 0 Å². The van der Waals surface area contributed by atoms with E-state index in [1.165, 1.54) is 0 Å². The van der Waals surface area contributed by atoms with Gasteiger partial charge in [-0.3, -0.25) is 5.84 Å². The van der Waals surface area contributed by atoms with Crippen molar-refractivity contribution in [3.63, 3.8) is 0 Å². The first kappa shape index (κ1) is 25.9. The van der Waals surface area contributed by atoms with E-state index >= 15 is 0 Å². The van der Waals surface area contributed by atoms with E-state index < -0.39 is 53.8 Å². The molecule has 0 aliphatic carbocycles. The van der Waals surface area contributed by atoms with Gasteiger partial charge in [-0.25, -0.2) is 13.2 Å². The number of thioether (sulfide) groups is 1. The summed E-state index contributed by atoms with van der Waals surface area (Å²) < 4.78 is 46.1. The topological polar surface area (TPSA) is 120 Å². The van der Waals surface area contributed by atoms with Crippen molar-refractivity contribution in [2.24, 2.45) is 5.84 Å². The zero-order valence-corrected chi connectivity index (χ0v) is 19.0. The molecular weight excluding hydrogens is 506 g/mol.